The molecule has 2 N–H and O–H groups in total. The van der Waals surface area contributed by atoms with E-state index >= 15 is 0 Å². The number of aromatic nitrogens is 2. The van der Waals surface area contributed by atoms with E-state index in [1.165, 1.54) is 13.4 Å². The monoisotopic (exact) mass is 377 g/mol. The summed E-state index contributed by atoms with van der Waals surface area (Å²) in [5, 5.41) is 0. The molecule has 0 aliphatic carbocycles. The molecule has 1 aromatic heterocycles. The van der Waals surface area contributed by atoms with E-state index in [0.717, 1.165) is 16.7 Å². The molecule has 0 fully saturated rings. The lowest BCUT2D eigenvalue weighted by molar-refractivity contribution is -0.140. The molecule has 144 valence electrons. The van der Waals surface area contributed by atoms with Crippen molar-refractivity contribution in [1.82, 2.24) is 9.55 Å². The molecular formula is C22H23N3O3. The summed E-state index contributed by atoms with van der Waals surface area (Å²) in [5.74, 6) is -0.159. The Labute approximate surface area is 163 Å². The number of hydrogen-bond donors (Lipinski definition) is 1. The van der Waals surface area contributed by atoms with E-state index in [4.69, 9.17) is 10.5 Å². The van der Waals surface area contributed by atoms with Crippen LogP contribution in [0.4, 0.5) is 5.69 Å². The summed E-state index contributed by atoms with van der Waals surface area (Å²) in [7, 11) is 1.39. The van der Waals surface area contributed by atoms with Crippen molar-refractivity contribution in [2.45, 2.75) is 25.8 Å². The van der Waals surface area contributed by atoms with Crippen LogP contribution in [0.3, 0.4) is 0 Å². The van der Waals surface area contributed by atoms with Gasteiger partial charge in [0.15, 0.2) is 0 Å². The van der Waals surface area contributed by atoms with Crippen LogP contribution in [0.15, 0.2) is 65.8 Å². The Balaban J connectivity index is 1.79. The van der Waals surface area contributed by atoms with Gasteiger partial charge in [0.2, 0.25) is 0 Å². The topological polar surface area (TPSA) is 87.2 Å². The van der Waals surface area contributed by atoms with Crippen LogP contribution in [0.1, 0.15) is 30.4 Å². The maximum Gasteiger partial charge on any atom is 0.306 e. The smallest absolute Gasteiger partial charge is 0.306 e. The molecule has 28 heavy (non-hydrogen) atoms. The number of nitrogens with zero attached hydrogens (tertiary/aromatic N) is 2. The molecule has 0 saturated heterocycles. The summed E-state index contributed by atoms with van der Waals surface area (Å²) in [6.07, 6.45) is 3.45. The summed E-state index contributed by atoms with van der Waals surface area (Å²) in [4.78, 5) is 28.5. The number of hydrogen-bond acceptors (Lipinski definition) is 5. The molecule has 0 unspecified atom stereocenters. The van der Waals surface area contributed by atoms with Crippen molar-refractivity contribution in [3.8, 4) is 11.1 Å². The number of anilines is 1. The molecule has 6 nitrogen and oxygen atoms in total. The number of benzene rings is 2. The molecule has 0 bridgehead atoms. The predicted molar refractivity (Wildman–Crippen MR) is 109 cm³/mol. The lowest BCUT2D eigenvalue weighted by atomic mass is 9.97. The van der Waals surface area contributed by atoms with Gasteiger partial charge in [-0.15, -0.1) is 0 Å². The summed E-state index contributed by atoms with van der Waals surface area (Å²) >= 11 is 0. The average molecular weight is 377 g/mol. The third-order valence-corrected chi connectivity index (χ3v) is 4.72. The number of carbonyl (C=O) groups is 1. The van der Waals surface area contributed by atoms with Crippen molar-refractivity contribution in [2.24, 2.45) is 0 Å². The number of methoxy groups -OCH3 is 1. The largest absolute Gasteiger partial charge is 0.469 e. The second kappa shape index (κ2) is 8.52. The lowest BCUT2D eigenvalue weighted by Crippen LogP contribution is -2.22. The molecule has 0 aliphatic rings. The van der Waals surface area contributed by atoms with Crippen LogP contribution in [0.25, 0.3) is 11.1 Å². The van der Waals surface area contributed by atoms with Gasteiger partial charge in [0.05, 0.1) is 32.0 Å². The fraction of sp³-hybridized carbons (Fsp3) is 0.227. The third-order valence-electron chi connectivity index (χ3n) is 4.72. The van der Waals surface area contributed by atoms with Gasteiger partial charge in [0.25, 0.3) is 5.56 Å². The molecule has 0 radical (unpaired) electrons. The molecule has 3 aromatic rings. The predicted octanol–water partition coefficient (Wildman–Crippen LogP) is 3.21. The van der Waals surface area contributed by atoms with Crippen molar-refractivity contribution in [3.63, 3.8) is 0 Å². The highest BCUT2D eigenvalue weighted by molar-refractivity contribution is 5.70. The second-order valence-electron chi connectivity index (χ2n) is 6.79. The minimum absolute atomic E-state index is 0.0692. The zero-order chi connectivity index (χ0) is 20.1. The first-order valence-corrected chi connectivity index (χ1v) is 9.04. The van der Waals surface area contributed by atoms with Crippen molar-refractivity contribution in [1.29, 1.82) is 0 Å². The van der Waals surface area contributed by atoms with Gasteiger partial charge < -0.3 is 10.5 Å². The molecule has 0 saturated carbocycles. The Morgan fingerprint density at radius 2 is 1.82 bits per heavy atom. The van der Waals surface area contributed by atoms with E-state index in [1.54, 1.807) is 22.9 Å². The van der Waals surface area contributed by atoms with Gasteiger partial charge in [-0.05, 0) is 34.7 Å². The number of rotatable bonds is 6. The van der Waals surface area contributed by atoms with Crippen LogP contribution in [-0.2, 0) is 16.1 Å². The first-order chi connectivity index (χ1) is 13.5. The molecule has 6 heteroatoms. The number of nitrogens with two attached hydrogens (primary N) is 1. The van der Waals surface area contributed by atoms with Crippen LogP contribution < -0.4 is 11.3 Å². The van der Waals surface area contributed by atoms with E-state index in [2.05, 4.69) is 4.98 Å². The van der Waals surface area contributed by atoms with Gasteiger partial charge >= 0.3 is 5.97 Å². The molecule has 0 amide bonds. The van der Waals surface area contributed by atoms with Gasteiger partial charge in [-0.25, -0.2) is 4.98 Å². The van der Waals surface area contributed by atoms with Crippen molar-refractivity contribution < 1.29 is 9.53 Å². The standard InChI is InChI=1S/C22H23N3O3/c1-15(11-21(26)28-2)17-5-3-16(4-6-17)13-25-14-24-12-20(22(25)27)18-7-9-19(23)10-8-18/h3-10,12,14-15H,11,13,23H2,1-2H3/t15-/m1/s1. The molecule has 1 atom stereocenters. The maximum atomic E-state index is 12.8. The highest BCUT2D eigenvalue weighted by Crippen LogP contribution is 2.20. The minimum atomic E-state index is -0.228. The van der Waals surface area contributed by atoms with Crippen LogP contribution in [0.5, 0.6) is 0 Å². The Bertz CT molecular complexity index is 1010. The third kappa shape index (κ3) is 4.46. The zero-order valence-electron chi connectivity index (χ0n) is 16.0. The normalized spacial score (nSPS) is 11.8. The highest BCUT2D eigenvalue weighted by atomic mass is 16.5. The van der Waals surface area contributed by atoms with E-state index in [0.29, 0.717) is 24.2 Å². The Morgan fingerprint density at radius 1 is 1.14 bits per heavy atom. The first kappa shape index (κ1) is 19.4. The van der Waals surface area contributed by atoms with Gasteiger partial charge in [0.1, 0.15) is 0 Å². The fourth-order valence-corrected chi connectivity index (χ4v) is 3.02. The van der Waals surface area contributed by atoms with Crippen LogP contribution in [0, 0.1) is 0 Å². The number of esters is 1. The molecule has 3 rings (SSSR count). The summed E-state index contributed by atoms with van der Waals surface area (Å²) in [6.45, 7) is 2.40. The lowest BCUT2D eigenvalue weighted by Gasteiger charge is -2.12. The second-order valence-corrected chi connectivity index (χ2v) is 6.79. The summed E-state index contributed by atoms with van der Waals surface area (Å²) < 4.78 is 6.30. The number of nitrogen functional groups attached to an aromatic ring is 1. The molecule has 1 heterocycles. The molecule has 0 aliphatic heterocycles. The van der Waals surface area contributed by atoms with Crippen LogP contribution in [0.2, 0.25) is 0 Å². The Morgan fingerprint density at radius 3 is 2.46 bits per heavy atom. The average Bonchev–Trinajstić information content (AvgIpc) is 2.70. The van der Waals surface area contributed by atoms with Crippen LogP contribution in [-0.4, -0.2) is 22.6 Å². The minimum Gasteiger partial charge on any atom is -0.469 e. The van der Waals surface area contributed by atoms with Crippen molar-refractivity contribution in [2.75, 3.05) is 12.8 Å². The quantitative estimate of drug-likeness (QED) is 0.526. The fourth-order valence-electron chi connectivity index (χ4n) is 3.02. The molecule has 2 aromatic carbocycles. The van der Waals surface area contributed by atoms with E-state index in [9.17, 15) is 9.59 Å². The zero-order valence-corrected chi connectivity index (χ0v) is 16.0. The SMILES string of the molecule is COC(=O)C[C@@H](C)c1ccc(Cn2cncc(-c3ccc(N)cc3)c2=O)cc1. The van der Waals surface area contributed by atoms with Gasteiger partial charge in [-0.2, -0.15) is 0 Å². The Hall–Kier alpha value is -3.41. The van der Waals surface area contributed by atoms with Gasteiger partial charge in [0, 0.05) is 11.9 Å². The molecule has 0 spiro atoms. The summed E-state index contributed by atoms with van der Waals surface area (Å²) in [6, 6.07) is 15.0. The van der Waals surface area contributed by atoms with E-state index < -0.39 is 0 Å². The molecular weight excluding hydrogens is 354 g/mol. The maximum absolute atomic E-state index is 12.8. The number of carbonyl (C=O) groups excluding carboxylic acids is 1. The van der Waals surface area contributed by atoms with Crippen molar-refractivity contribution >= 4 is 11.7 Å². The van der Waals surface area contributed by atoms with Gasteiger partial charge in [-0.3, -0.25) is 14.2 Å². The highest BCUT2D eigenvalue weighted by Gasteiger charge is 2.12. The van der Waals surface area contributed by atoms with Crippen molar-refractivity contribution in [3.05, 3.63) is 82.5 Å². The first-order valence-electron chi connectivity index (χ1n) is 9.04. The van der Waals surface area contributed by atoms with Gasteiger partial charge in [-0.1, -0.05) is 43.3 Å². The van der Waals surface area contributed by atoms with E-state index in [-0.39, 0.29) is 17.4 Å². The summed E-state index contributed by atoms with van der Waals surface area (Å²) in [5.41, 5.74) is 9.61. The van der Waals surface area contributed by atoms with Crippen LogP contribution >= 0.6 is 0 Å². The Kier molecular flexibility index (Phi) is 5.89. The van der Waals surface area contributed by atoms with E-state index in [1.807, 2.05) is 43.3 Å². The number of ether oxygens (including phenoxy) is 1.